The first-order valence-electron chi connectivity index (χ1n) is 32.9. The van der Waals surface area contributed by atoms with Gasteiger partial charge < -0.3 is 39.0 Å². The predicted octanol–water partition coefficient (Wildman–Crippen LogP) is 17.7. The molecule has 1 aliphatic rings. The molecule has 1 saturated heterocycles. The van der Waals surface area contributed by atoms with Crippen LogP contribution in [0.1, 0.15) is 290 Å². The third-order valence-electron chi connectivity index (χ3n) is 14.8. The largest absolute Gasteiger partial charge is 0.479 e. The fraction of sp³-hybridized carbons (Fsp3) is 0.768. The van der Waals surface area contributed by atoms with Crippen molar-refractivity contribution in [1.82, 2.24) is 0 Å². The van der Waals surface area contributed by atoms with Crippen LogP contribution in [0.5, 0.6) is 0 Å². The predicted molar refractivity (Wildman–Crippen MR) is 331 cm³/mol. The van der Waals surface area contributed by atoms with Crippen molar-refractivity contribution in [1.29, 1.82) is 0 Å². The first-order chi connectivity index (χ1) is 39.6. The zero-order chi connectivity index (χ0) is 58.9. The summed E-state index contributed by atoms with van der Waals surface area (Å²) in [6, 6.07) is 0. The van der Waals surface area contributed by atoms with Crippen molar-refractivity contribution in [3.05, 3.63) is 72.9 Å². The number of ether oxygens (including phenoxy) is 5. The first-order valence-corrected chi connectivity index (χ1v) is 32.9. The van der Waals surface area contributed by atoms with Crippen LogP contribution in [0.3, 0.4) is 0 Å². The van der Waals surface area contributed by atoms with Crippen molar-refractivity contribution in [3.8, 4) is 0 Å². The highest BCUT2D eigenvalue weighted by atomic mass is 16.7. The number of carbonyl (C=O) groups is 4. The Kier molecular flexibility index (Phi) is 52.6. The number of unbranched alkanes of at least 4 members (excludes halogenated alkanes) is 30. The summed E-state index contributed by atoms with van der Waals surface area (Å²) in [4.78, 5) is 51.3. The molecule has 0 radical (unpaired) electrons. The van der Waals surface area contributed by atoms with Crippen molar-refractivity contribution in [2.45, 2.75) is 327 Å². The molecule has 0 aromatic rings. The van der Waals surface area contributed by atoms with Gasteiger partial charge in [-0.1, -0.05) is 286 Å². The second-order valence-electron chi connectivity index (χ2n) is 22.4. The summed E-state index contributed by atoms with van der Waals surface area (Å²) in [7, 11) is 0. The number of carbonyl (C=O) groups excluding carboxylic acids is 3. The van der Waals surface area contributed by atoms with E-state index in [2.05, 4.69) is 81.5 Å². The van der Waals surface area contributed by atoms with Gasteiger partial charge in [0, 0.05) is 19.3 Å². The molecule has 6 unspecified atom stereocenters. The van der Waals surface area contributed by atoms with Gasteiger partial charge in [-0.15, -0.1) is 0 Å². The van der Waals surface area contributed by atoms with E-state index in [-0.39, 0.29) is 25.9 Å². The maximum absolute atomic E-state index is 13.2. The summed E-state index contributed by atoms with van der Waals surface area (Å²) < 4.78 is 28.5. The van der Waals surface area contributed by atoms with Gasteiger partial charge in [0.25, 0.3) is 0 Å². The normalized spacial score (nSPS) is 18.2. The van der Waals surface area contributed by atoms with Crippen LogP contribution in [0, 0.1) is 0 Å². The average Bonchev–Trinajstić information content (AvgIpc) is 3.46. The van der Waals surface area contributed by atoms with Crippen LogP contribution in [-0.2, 0) is 42.9 Å². The molecule has 3 N–H and O–H groups in total. The van der Waals surface area contributed by atoms with Gasteiger partial charge in [-0.05, 0) is 57.8 Å². The van der Waals surface area contributed by atoms with Crippen molar-refractivity contribution in [2.24, 2.45) is 0 Å². The molecule has 1 fully saturated rings. The molecule has 0 saturated carbocycles. The molecule has 1 heterocycles. The second kappa shape index (κ2) is 56.6. The quantitative estimate of drug-likeness (QED) is 0.0228. The Balaban J connectivity index is 2.69. The SMILES string of the molecule is CC/C=C\C/C=C\C/C=C\C/C=C\C/C=C\C/C=C\CCC(=O)OCC(COC1OC(C(=O)O)C(O)C(O)C1OC(=O)CCCCCCCCCCCCCCC)OC(=O)CCCCCCCCCCCCCCCCCCCCC. The van der Waals surface area contributed by atoms with E-state index in [0.29, 0.717) is 19.3 Å². The first kappa shape index (κ1) is 75.2. The monoisotopic (exact) mass is 1140 g/mol. The maximum Gasteiger partial charge on any atom is 0.335 e. The summed E-state index contributed by atoms with van der Waals surface area (Å²) in [5, 5.41) is 31.6. The average molecular weight is 1140 g/mol. The van der Waals surface area contributed by atoms with Gasteiger partial charge in [-0.2, -0.15) is 0 Å². The van der Waals surface area contributed by atoms with E-state index in [9.17, 15) is 34.5 Å². The Morgan fingerprint density at radius 3 is 1.16 bits per heavy atom. The number of esters is 3. The van der Waals surface area contributed by atoms with Crippen LogP contribution < -0.4 is 0 Å². The van der Waals surface area contributed by atoms with Crippen LogP contribution in [-0.4, -0.2) is 89.2 Å². The molecule has 12 nitrogen and oxygen atoms in total. The molecule has 6 atom stereocenters. The number of aliphatic hydroxyl groups excluding tert-OH is 2. The minimum absolute atomic E-state index is 0.0559. The van der Waals surface area contributed by atoms with E-state index in [0.717, 1.165) is 83.5 Å². The van der Waals surface area contributed by atoms with Crippen LogP contribution in [0.4, 0.5) is 0 Å². The minimum atomic E-state index is -1.91. The van der Waals surface area contributed by atoms with Gasteiger partial charge in [0.05, 0.1) is 6.61 Å². The molecule has 0 aliphatic carbocycles. The highest BCUT2D eigenvalue weighted by Crippen LogP contribution is 2.27. The molecular formula is C69H118O12. The van der Waals surface area contributed by atoms with Crippen molar-refractivity contribution < 1.29 is 58.2 Å². The lowest BCUT2D eigenvalue weighted by atomic mass is 9.98. The van der Waals surface area contributed by atoms with Gasteiger partial charge >= 0.3 is 23.9 Å². The molecule has 12 heteroatoms. The zero-order valence-electron chi connectivity index (χ0n) is 51.5. The highest BCUT2D eigenvalue weighted by molar-refractivity contribution is 5.74. The van der Waals surface area contributed by atoms with Crippen molar-refractivity contribution in [3.63, 3.8) is 0 Å². The number of hydrogen-bond acceptors (Lipinski definition) is 11. The van der Waals surface area contributed by atoms with Crippen LogP contribution in [0.15, 0.2) is 72.9 Å². The smallest absolute Gasteiger partial charge is 0.335 e. The zero-order valence-corrected chi connectivity index (χ0v) is 51.5. The van der Waals surface area contributed by atoms with E-state index >= 15 is 0 Å². The molecule has 0 amide bonds. The Morgan fingerprint density at radius 1 is 0.420 bits per heavy atom. The Morgan fingerprint density at radius 2 is 0.778 bits per heavy atom. The molecule has 81 heavy (non-hydrogen) atoms. The molecule has 0 aromatic carbocycles. The van der Waals surface area contributed by atoms with Gasteiger partial charge in [0.1, 0.15) is 18.8 Å². The second-order valence-corrected chi connectivity index (χ2v) is 22.4. The summed E-state index contributed by atoms with van der Waals surface area (Å²) in [6.07, 6.45) is 60.2. The number of allylic oxidation sites excluding steroid dienone is 12. The highest BCUT2D eigenvalue weighted by Gasteiger charge is 2.50. The van der Waals surface area contributed by atoms with Crippen LogP contribution >= 0.6 is 0 Å². The topological polar surface area (TPSA) is 175 Å². The Hall–Kier alpha value is -3.84. The Bertz CT molecular complexity index is 1680. The van der Waals surface area contributed by atoms with Crippen LogP contribution in [0.2, 0.25) is 0 Å². The Labute approximate surface area is 493 Å². The number of carboxylic acid groups (broad SMARTS) is 1. The van der Waals surface area contributed by atoms with Crippen LogP contribution in [0.25, 0.3) is 0 Å². The maximum atomic E-state index is 13.2. The van der Waals surface area contributed by atoms with E-state index in [1.807, 2.05) is 12.2 Å². The van der Waals surface area contributed by atoms with Gasteiger partial charge in [-0.25, -0.2) is 4.79 Å². The summed E-state index contributed by atoms with van der Waals surface area (Å²) >= 11 is 0. The molecular weight excluding hydrogens is 1020 g/mol. The molecule has 0 aromatic heterocycles. The van der Waals surface area contributed by atoms with E-state index < -0.39 is 67.3 Å². The van der Waals surface area contributed by atoms with Gasteiger partial charge in [-0.3, -0.25) is 14.4 Å². The number of carboxylic acids is 1. The lowest BCUT2D eigenvalue weighted by Crippen LogP contribution is -2.61. The van der Waals surface area contributed by atoms with Gasteiger partial charge in [0.2, 0.25) is 0 Å². The van der Waals surface area contributed by atoms with Crippen molar-refractivity contribution in [2.75, 3.05) is 13.2 Å². The third kappa shape index (κ3) is 46.3. The molecule has 0 spiro atoms. The molecule has 1 aliphatic heterocycles. The summed E-state index contributed by atoms with van der Waals surface area (Å²) in [5.74, 6) is -3.21. The lowest BCUT2D eigenvalue weighted by molar-refractivity contribution is -0.301. The number of hydrogen-bond donors (Lipinski definition) is 3. The summed E-state index contributed by atoms with van der Waals surface area (Å²) in [6.45, 7) is 5.85. The van der Waals surface area contributed by atoms with E-state index in [1.54, 1.807) is 0 Å². The standard InChI is InChI=1S/C69H118O12/c1-4-7-10-13-16-19-22-25-27-29-31-33-35-38-40-43-46-49-52-55-61(70)77-58-60(79-62(71)56-53-50-47-44-42-39-36-34-32-30-28-26-23-20-17-14-11-8-5-2)59-78-69-67(65(74)64(73)66(81-69)68(75)76)80-63(72)57-54-51-48-45-41-37-24-21-18-15-12-9-6-3/h7,10,16,19,25,27,31,33,38,40,46,49,60,64-67,69,73-74H,4-6,8-9,11-15,17-18,20-24,26,28-30,32,34-37,39,41-45,47-48,50-59H2,1-3H3,(H,75,76)/b10-7-,19-16-,27-25-,33-31-,40-38-,49-46-. The number of rotatable bonds is 56. The fourth-order valence-electron chi connectivity index (χ4n) is 9.81. The summed E-state index contributed by atoms with van der Waals surface area (Å²) in [5.41, 5.74) is 0. The van der Waals surface area contributed by atoms with E-state index in [4.69, 9.17) is 23.7 Å². The van der Waals surface area contributed by atoms with Crippen molar-refractivity contribution >= 4 is 23.9 Å². The number of aliphatic carboxylic acids is 1. The fourth-order valence-corrected chi connectivity index (χ4v) is 9.81. The number of aliphatic hydroxyl groups is 2. The lowest BCUT2D eigenvalue weighted by Gasteiger charge is -2.40. The third-order valence-corrected chi connectivity index (χ3v) is 14.8. The molecule has 1 rings (SSSR count). The minimum Gasteiger partial charge on any atom is -0.479 e. The van der Waals surface area contributed by atoms with Gasteiger partial charge in [0.15, 0.2) is 24.6 Å². The van der Waals surface area contributed by atoms with E-state index in [1.165, 1.54) is 148 Å². The molecule has 0 bridgehead atoms. The molecule has 466 valence electrons.